The van der Waals surface area contributed by atoms with Crippen molar-refractivity contribution in [1.29, 1.82) is 0 Å². The van der Waals surface area contributed by atoms with Crippen molar-refractivity contribution in [2.24, 2.45) is 7.05 Å². The molecule has 3 rings (SSSR count). The minimum Gasteiger partial charge on any atom is -0.371 e. The summed E-state index contributed by atoms with van der Waals surface area (Å²) < 4.78 is 7.36. The van der Waals surface area contributed by atoms with Crippen LogP contribution in [0.15, 0.2) is 36.7 Å². The molecule has 0 unspecified atom stereocenters. The van der Waals surface area contributed by atoms with E-state index in [0.717, 1.165) is 12.0 Å². The first-order valence-corrected chi connectivity index (χ1v) is 7.18. The van der Waals surface area contributed by atoms with Gasteiger partial charge in [-0.25, -0.2) is 0 Å². The van der Waals surface area contributed by atoms with Crippen molar-refractivity contribution in [1.82, 2.24) is 15.1 Å². The standard InChI is InChI=1S/C15H16ClN3O2/c1-19-9-11(8-17-19)15(20)18-13-6-7-21-14(13)10-2-4-12(16)5-3-10/h2-5,8-9,13-14H,6-7H2,1H3,(H,18,20)/t13-,14+/m0/s1. The maximum absolute atomic E-state index is 12.2. The SMILES string of the molecule is Cn1cc(C(=O)N[C@H]2CCO[C@@H]2c2ccc(Cl)cc2)cn1. The molecule has 0 radical (unpaired) electrons. The Labute approximate surface area is 127 Å². The molecule has 21 heavy (non-hydrogen) atoms. The molecule has 0 spiro atoms. The fourth-order valence-corrected chi connectivity index (χ4v) is 2.63. The Kier molecular flexibility index (Phi) is 3.94. The van der Waals surface area contributed by atoms with Gasteiger partial charge in [0, 0.05) is 24.9 Å². The second kappa shape index (κ2) is 5.87. The molecule has 2 atom stereocenters. The van der Waals surface area contributed by atoms with Crippen molar-refractivity contribution in [3.05, 3.63) is 52.8 Å². The Balaban J connectivity index is 1.72. The van der Waals surface area contributed by atoms with Crippen LogP contribution >= 0.6 is 11.6 Å². The lowest BCUT2D eigenvalue weighted by Gasteiger charge is -2.20. The fourth-order valence-electron chi connectivity index (χ4n) is 2.51. The van der Waals surface area contributed by atoms with E-state index in [2.05, 4.69) is 10.4 Å². The first-order chi connectivity index (χ1) is 10.1. The van der Waals surface area contributed by atoms with Crippen LogP contribution in [0, 0.1) is 0 Å². The summed E-state index contributed by atoms with van der Waals surface area (Å²) in [5.74, 6) is -0.127. The summed E-state index contributed by atoms with van der Waals surface area (Å²) in [4.78, 5) is 12.2. The van der Waals surface area contributed by atoms with Gasteiger partial charge in [-0.15, -0.1) is 0 Å². The maximum Gasteiger partial charge on any atom is 0.254 e. The van der Waals surface area contributed by atoms with Gasteiger partial charge in [-0.05, 0) is 24.1 Å². The highest BCUT2D eigenvalue weighted by Gasteiger charge is 2.31. The van der Waals surface area contributed by atoms with Crippen LogP contribution in [0.5, 0.6) is 0 Å². The third kappa shape index (κ3) is 3.09. The molecule has 0 saturated carbocycles. The van der Waals surface area contributed by atoms with Gasteiger partial charge in [-0.3, -0.25) is 9.48 Å². The minimum absolute atomic E-state index is 0.0427. The number of aryl methyl sites for hydroxylation is 1. The van der Waals surface area contributed by atoms with Gasteiger partial charge in [0.2, 0.25) is 0 Å². The normalized spacial score (nSPS) is 21.4. The van der Waals surface area contributed by atoms with Crippen LogP contribution in [0.3, 0.4) is 0 Å². The molecule has 110 valence electrons. The molecule has 0 bridgehead atoms. The summed E-state index contributed by atoms with van der Waals surface area (Å²) in [5.41, 5.74) is 1.58. The molecule has 1 aliphatic heterocycles. The maximum atomic E-state index is 12.2. The van der Waals surface area contributed by atoms with Crippen molar-refractivity contribution in [2.45, 2.75) is 18.6 Å². The number of hydrogen-bond acceptors (Lipinski definition) is 3. The van der Waals surface area contributed by atoms with Crippen LogP contribution in [-0.4, -0.2) is 28.3 Å². The molecule has 1 N–H and O–H groups in total. The number of hydrogen-bond donors (Lipinski definition) is 1. The van der Waals surface area contributed by atoms with E-state index in [1.165, 1.54) is 0 Å². The van der Waals surface area contributed by atoms with Gasteiger partial charge in [0.15, 0.2) is 0 Å². The van der Waals surface area contributed by atoms with Crippen molar-refractivity contribution in [3.8, 4) is 0 Å². The topological polar surface area (TPSA) is 56.2 Å². The molecule has 1 aromatic heterocycles. The lowest BCUT2D eigenvalue weighted by molar-refractivity contribution is 0.0821. The molecule has 1 fully saturated rings. The molecule has 2 aromatic rings. The third-order valence-electron chi connectivity index (χ3n) is 3.57. The van der Waals surface area contributed by atoms with E-state index in [0.29, 0.717) is 17.2 Å². The van der Waals surface area contributed by atoms with Gasteiger partial charge in [-0.2, -0.15) is 5.10 Å². The molecule has 1 aromatic carbocycles. The number of halogens is 1. The van der Waals surface area contributed by atoms with E-state index in [9.17, 15) is 4.79 Å². The Morgan fingerprint density at radius 1 is 1.43 bits per heavy atom. The number of benzene rings is 1. The Morgan fingerprint density at radius 3 is 2.86 bits per heavy atom. The van der Waals surface area contributed by atoms with E-state index in [1.54, 1.807) is 24.1 Å². The van der Waals surface area contributed by atoms with E-state index >= 15 is 0 Å². The first-order valence-electron chi connectivity index (χ1n) is 6.80. The number of ether oxygens (including phenoxy) is 1. The second-order valence-corrected chi connectivity index (χ2v) is 5.55. The number of rotatable bonds is 3. The van der Waals surface area contributed by atoms with Crippen LogP contribution in [-0.2, 0) is 11.8 Å². The summed E-state index contributed by atoms with van der Waals surface area (Å²) in [5, 5.41) is 7.72. The van der Waals surface area contributed by atoms with Crippen LogP contribution < -0.4 is 5.32 Å². The number of aromatic nitrogens is 2. The van der Waals surface area contributed by atoms with Gasteiger partial charge in [-0.1, -0.05) is 23.7 Å². The Morgan fingerprint density at radius 2 is 2.19 bits per heavy atom. The Hall–Kier alpha value is -1.85. The molecule has 6 heteroatoms. The molecule has 2 heterocycles. The highest BCUT2D eigenvalue weighted by atomic mass is 35.5. The number of nitrogens with one attached hydrogen (secondary N) is 1. The first kappa shape index (κ1) is 14.1. The number of nitrogens with zero attached hydrogens (tertiary/aromatic N) is 2. The molecular weight excluding hydrogens is 290 g/mol. The van der Waals surface area contributed by atoms with Crippen molar-refractivity contribution < 1.29 is 9.53 Å². The van der Waals surface area contributed by atoms with Crippen LogP contribution in [0.2, 0.25) is 5.02 Å². The van der Waals surface area contributed by atoms with Crippen LogP contribution in [0.1, 0.15) is 28.4 Å². The zero-order chi connectivity index (χ0) is 14.8. The Bertz CT molecular complexity index is 639. The lowest BCUT2D eigenvalue weighted by atomic mass is 10.0. The molecule has 0 aliphatic carbocycles. The van der Waals surface area contributed by atoms with Gasteiger partial charge < -0.3 is 10.1 Å². The largest absolute Gasteiger partial charge is 0.371 e. The van der Waals surface area contributed by atoms with E-state index in [1.807, 2.05) is 24.3 Å². The zero-order valence-corrected chi connectivity index (χ0v) is 12.4. The summed E-state index contributed by atoms with van der Waals surface area (Å²) >= 11 is 5.90. The average Bonchev–Trinajstić information content (AvgIpc) is 3.09. The van der Waals surface area contributed by atoms with Crippen molar-refractivity contribution in [3.63, 3.8) is 0 Å². The van der Waals surface area contributed by atoms with Gasteiger partial charge in [0.25, 0.3) is 5.91 Å². The summed E-state index contributed by atoms with van der Waals surface area (Å²) in [7, 11) is 1.78. The zero-order valence-electron chi connectivity index (χ0n) is 11.6. The van der Waals surface area contributed by atoms with E-state index < -0.39 is 0 Å². The van der Waals surface area contributed by atoms with Crippen LogP contribution in [0.25, 0.3) is 0 Å². The predicted octanol–water partition coefficient (Wildman–Crippen LogP) is 2.33. The highest BCUT2D eigenvalue weighted by Crippen LogP contribution is 2.30. The van der Waals surface area contributed by atoms with Crippen molar-refractivity contribution in [2.75, 3.05) is 6.61 Å². The van der Waals surface area contributed by atoms with E-state index in [-0.39, 0.29) is 18.1 Å². The quantitative estimate of drug-likeness (QED) is 0.947. The molecule has 1 amide bonds. The highest BCUT2D eigenvalue weighted by molar-refractivity contribution is 6.30. The molecular formula is C15H16ClN3O2. The van der Waals surface area contributed by atoms with Gasteiger partial charge >= 0.3 is 0 Å². The van der Waals surface area contributed by atoms with E-state index in [4.69, 9.17) is 16.3 Å². The summed E-state index contributed by atoms with van der Waals surface area (Å²) in [6, 6.07) is 7.49. The second-order valence-electron chi connectivity index (χ2n) is 5.11. The number of carbonyl (C=O) groups is 1. The summed E-state index contributed by atoms with van der Waals surface area (Å²) in [6.07, 6.45) is 3.91. The predicted molar refractivity (Wildman–Crippen MR) is 79.2 cm³/mol. The molecule has 1 aliphatic rings. The summed E-state index contributed by atoms with van der Waals surface area (Å²) in [6.45, 7) is 0.630. The smallest absolute Gasteiger partial charge is 0.254 e. The number of carbonyl (C=O) groups excluding carboxylic acids is 1. The molecule has 1 saturated heterocycles. The molecule has 5 nitrogen and oxygen atoms in total. The van der Waals surface area contributed by atoms with Crippen LogP contribution in [0.4, 0.5) is 0 Å². The minimum atomic E-state index is -0.136. The third-order valence-corrected chi connectivity index (χ3v) is 3.83. The van der Waals surface area contributed by atoms with Gasteiger partial charge in [0.1, 0.15) is 6.10 Å². The van der Waals surface area contributed by atoms with Crippen molar-refractivity contribution >= 4 is 17.5 Å². The monoisotopic (exact) mass is 305 g/mol. The lowest BCUT2D eigenvalue weighted by Crippen LogP contribution is -2.36. The fraction of sp³-hybridized carbons (Fsp3) is 0.333. The number of amides is 1. The van der Waals surface area contributed by atoms with Gasteiger partial charge in [0.05, 0.1) is 17.8 Å². The average molecular weight is 306 g/mol.